The number of carbonyl (C=O) groups excluding carboxylic acids is 2. The third-order valence-corrected chi connectivity index (χ3v) is 5.85. The van der Waals surface area contributed by atoms with E-state index in [1.54, 1.807) is 60.9 Å². The van der Waals surface area contributed by atoms with Gasteiger partial charge in [0.1, 0.15) is 23.0 Å². The second-order valence-corrected chi connectivity index (χ2v) is 8.59. The van der Waals surface area contributed by atoms with Gasteiger partial charge in [0, 0.05) is 36.1 Å². The SMILES string of the molecule is COc1ccc([C@@H]2C(=C(O)c3ccc(OC(C)C)cc3)C(=O)C(=O)N2Cc2cccnc2)c(OC)c1. The Labute approximate surface area is 209 Å². The first kappa shape index (κ1) is 24.8. The van der Waals surface area contributed by atoms with Gasteiger partial charge >= 0.3 is 0 Å². The lowest BCUT2D eigenvalue weighted by Gasteiger charge is -2.27. The quantitative estimate of drug-likeness (QED) is 0.283. The fourth-order valence-corrected chi connectivity index (χ4v) is 4.22. The van der Waals surface area contributed by atoms with E-state index in [1.807, 2.05) is 19.9 Å². The van der Waals surface area contributed by atoms with Crippen LogP contribution in [0.4, 0.5) is 0 Å². The van der Waals surface area contributed by atoms with Gasteiger partial charge in [-0.15, -0.1) is 0 Å². The van der Waals surface area contributed by atoms with E-state index in [0.717, 1.165) is 5.56 Å². The van der Waals surface area contributed by atoms with Crippen molar-refractivity contribution in [2.75, 3.05) is 14.2 Å². The van der Waals surface area contributed by atoms with Gasteiger partial charge in [-0.05, 0) is 61.9 Å². The van der Waals surface area contributed by atoms with E-state index < -0.39 is 17.7 Å². The molecule has 8 nitrogen and oxygen atoms in total. The van der Waals surface area contributed by atoms with Crippen LogP contribution in [0.15, 0.2) is 72.6 Å². The Balaban J connectivity index is 1.86. The maximum atomic E-state index is 13.3. The van der Waals surface area contributed by atoms with Crippen molar-refractivity contribution in [2.24, 2.45) is 0 Å². The minimum atomic E-state index is -0.891. The number of hydrogen-bond acceptors (Lipinski definition) is 7. The molecule has 0 saturated carbocycles. The Hall–Kier alpha value is -4.33. The predicted octanol–water partition coefficient (Wildman–Crippen LogP) is 4.51. The van der Waals surface area contributed by atoms with Gasteiger partial charge in [-0.2, -0.15) is 0 Å². The molecule has 0 spiro atoms. The molecule has 8 heteroatoms. The lowest BCUT2D eigenvalue weighted by molar-refractivity contribution is -0.140. The Morgan fingerprint density at radius 3 is 2.36 bits per heavy atom. The lowest BCUT2D eigenvalue weighted by atomic mass is 9.94. The van der Waals surface area contributed by atoms with E-state index in [-0.39, 0.29) is 24.0 Å². The van der Waals surface area contributed by atoms with Crippen molar-refractivity contribution in [3.8, 4) is 17.2 Å². The molecule has 1 fully saturated rings. The molecule has 1 aliphatic heterocycles. The molecule has 1 amide bonds. The summed E-state index contributed by atoms with van der Waals surface area (Å²) in [5.74, 6) is -0.165. The first-order valence-corrected chi connectivity index (χ1v) is 11.5. The zero-order valence-electron chi connectivity index (χ0n) is 20.6. The van der Waals surface area contributed by atoms with E-state index >= 15 is 0 Å². The van der Waals surface area contributed by atoms with Crippen molar-refractivity contribution in [3.63, 3.8) is 0 Å². The van der Waals surface area contributed by atoms with E-state index in [4.69, 9.17) is 14.2 Å². The van der Waals surface area contributed by atoms with Crippen LogP contribution in [0.2, 0.25) is 0 Å². The van der Waals surface area contributed by atoms with Crippen molar-refractivity contribution >= 4 is 17.4 Å². The van der Waals surface area contributed by atoms with Crippen LogP contribution >= 0.6 is 0 Å². The van der Waals surface area contributed by atoms with Crippen molar-refractivity contribution in [3.05, 3.63) is 89.3 Å². The molecular weight excluding hydrogens is 460 g/mol. The number of rotatable bonds is 8. The molecule has 2 aromatic carbocycles. The molecule has 0 aliphatic carbocycles. The molecule has 0 bridgehead atoms. The third-order valence-electron chi connectivity index (χ3n) is 5.85. The molecule has 1 aliphatic rings. The number of ketones is 1. The second kappa shape index (κ2) is 10.5. The van der Waals surface area contributed by atoms with Crippen molar-refractivity contribution in [1.82, 2.24) is 9.88 Å². The molecule has 4 rings (SSSR count). The highest BCUT2D eigenvalue weighted by Gasteiger charge is 2.47. The van der Waals surface area contributed by atoms with Crippen LogP contribution in [0.25, 0.3) is 5.76 Å². The zero-order chi connectivity index (χ0) is 25.8. The number of pyridine rings is 1. The number of ether oxygens (including phenoxy) is 3. The number of aliphatic hydroxyl groups is 1. The topological polar surface area (TPSA) is 98.2 Å². The van der Waals surface area contributed by atoms with E-state index in [9.17, 15) is 14.7 Å². The number of amides is 1. The fourth-order valence-electron chi connectivity index (χ4n) is 4.22. The van der Waals surface area contributed by atoms with Crippen LogP contribution in [0.5, 0.6) is 17.2 Å². The summed E-state index contributed by atoms with van der Waals surface area (Å²) in [7, 11) is 3.04. The highest BCUT2D eigenvalue weighted by Crippen LogP contribution is 2.44. The summed E-state index contributed by atoms with van der Waals surface area (Å²) in [6, 6.07) is 14.6. The first-order chi connectivity index (χ1) is 17.3. The third kappa shape index (κ3) is 4.88. The van der Waals surface area contributed by atoms with Crippen LogP contribution in [0.1, 0.15) is 36.6 Å². The maximum Gasteiger partial charge on any atom is 0.295 e. The molecule has 1 N–H and O–H groups in total. The minimum Gasteiger partial charge on any atom is -0.507 e. The summed E-state index contributed by atoms with van der Waals surface area (Å²) in [5, 5.41) is 11.3. The number of hydrogen-bond donors (Lipinski definition) is 1. The van der Waals surface area contributed by atoms with Crippen molar-refractivity contribution in [2.45, 2.75) is 32.5 Å². The molecule has 1 atom stereocenters. The number of methoxy groups -OCH3 is 2. The molecule has 1 aromatic heterocycles. The highest BCUT2D eigenvalue weighted by atomic mass is 16.5. The molecular formula is C28H28N2O6. The molecule has 2 heterocycles. The predicted molar refractivity (Wildman–Crippen MR) is 134 cm³/mol. The molecule has 3 aromatic rings. The van der Waals surface area contributed by atoms with Crippen LogP contribution in [-0.4, -0.2) is 47.0 Å². The summed E-state index contributed by atoms with van der Waals surface area (Å²) in [4.78, 5) is 32.1. The van der Waals surface area contributed by atoms with E-state index in [0.29, 0.717) is 28.4 Å². The molecule has 0 unspecified atom stereocenters. The number of likely N-dealkylation sites (tertiary alicyclic amines) is 1. The van der Waals surface area contributed by atoms with Crippen LogP contribution in [-0.2, 0) is 16.1 Å². The number of nitrogens with zero attached hydrogens (tertiary/aromatic N) is 2. The minimum absolute atomic E-state index is 0.00946. The average Bonchev–Trinajstić information content (AvgIpc) is 3.13. The summed E-state index contributed by atoms with van der Waals surface area (Å²) in [6.07, 6.45) is 3.26. The Morgan fingerprint density at radius 1 is 1.03 bits per heavy atom. The van der Waals surface area contributed by atoms with Crippen molar-refractivity contribution in [1.29, 1.82) is 0 Å². The second-order valence-electron chi connectivity index (χ2n) is 8.59. The number of benzene rings is 2. The average molecular weight is 489 g/mol. The number of aliphatic hydroxyl groups excluding tert-OH is 1. The zero-order valence-corrected chi connectivity index (χ0v) is 20.6. The monoisotopic (exact) mass is 488 g/mol. The van der Waals surface area contributed by atoms with Gasteiger partial charge in [0.05, 0.1) is 31.9 Å². The van der Waals surface area contributed by atoms with Crippen LogP contribution in [0, 0.1) is 0 Å². The van der Waals surface area contributed by atoms with E-state index in [1.165, 1.54) is 19.1 Å². The fraction of sp³-hybridized carbons (Fsp3) is 0.250. The van der Waals surface area contributed by atoms with Gasteiger partial charge in [-0.1, -0.05) is 6.07 Å². The molecule has 36 heavy (non-hydrogen) atoms. The Morgan fingerprint density at radius 2 is 1.75 bits per heavy atom. The number of aromatic nitrogens is 1. The molecule has 0 radical (unpaired) electrons. The standard InChI is InChI=1S/C28H28N2O6/c1-17(2)36-20-9-7-19(8-10-20)26(31)24-25(22-12-11-21(34-3)14-23(22)35-4)30(28(33)27(24)32)16-18-6-5-13-29-15-18/h5-15,17,25,31H,16H2,1-4H3/t25-/m1/s1. The van der Waals surface area contributed by atoms with Gasteiger partial charge < -0.3 is 24.2 Å². The van der Waals surface area contributed by atoms with Gasteiger partial charge in [0.2, 0.25) is 0 Å². The summed E-state index contributed by atoms with van der Waals surface area (Å²) >= 11 is 0. The van der Waals surface area contributed by atoms with E-state index in [2.05, 4.69) is 4.98 Å². The summed E-state index contributed by atoms with van der Waals surface area (Å²) in [5.41, 5.74) is 1.66. The molecule has 1 saturated heterocycles. The number of Topliss-reactive ketones (excluding diaryl/α,β-unsaturated/α-hetero) is 1. The maximum absolute atomic E-state index is 13.3. The van der Waals surface area contributed by atoms with Gasteiger partial charge in [-0.3, -0.25) is 14.6 Å². The lowest BCUT2D eigenvalue weighted by Crippen LogP contribution is -2.29. The summed E-state index contributed by atoms with van der Waals surface area (Å²) in [6.45, 7) is 3.95. The highest BCUT2D eigenvalue weighted by molar-refractivity contribution is 6.46. The van der Waals surface area contributed by atoms with Gasteiger partial charge in [0.15, 0.2) is 0 Å². The normalized spacial score (nSPS) is 16.9. The Kier molecular flexibility index (Phi) is 7.24. The van der Waals surface area contributed by atoms with Gasteiger partial charge in [-0.25, -0.2) is 0 Å². The van der Waals surface area contributed by atoms with Crippen LogP contribution < -0.4 is 14.2 Å². The van der Waals surface area contributed by atoms with Gasteiger partial charge in [0.25, 0.3) is 11.7 Å². The smallest absolute Gasteiger partial charge is 0.295 e. The van der Waals surface area contributed by atoms with Crippen LogP contribution in [0.3, 0.4) is 0 Å². The first-order valence-electron chi connectivity index (χ1n) is 11.5. The van der Waals surface area contributed by atoms with Crippen molar-refractivity contribution < 1.29 is 28.9 Å². The molecule has 186 valence electrons. The Bertz CT molecular complexity index is 1290. The summed E-state index contributed by atoms with van der Waals surface area (Å²) < 4.78 is 16.6. The number of carbonyl (C=O) groups is 2. The largest absolute Gasteiger partial charge is 0.507 e.